The van der Waals surface area contributed by atoms with Gasteiger partial charge >= 0.3 is 0 Å². The molecule has 3 rings (SSSR count). The first-order valence-electron chi connectivity index (χ1n) is 9.85. The second-order valence-electron chi connectivity index (χ2n) is 7.44. The minimum absolute atomic E-state index is 0.0867. The number of benzene rings is 1. The SMILES string of the molecule is CCN1C(=O)CC[C@@H](C(=O)NCC2CCCC2)[C@@H]1c1ccc(OC)cc1. The predicted molar refractivity (Wildman–Crippen MR) is 101 cm³/mol. The fraction of sp³-hybridized carbons (Fsp3) is 0.619. The monoisotopic (exact) mass is 358 g/mol. The van der Waals surface area contributed by atoms with Crippen LogP contribution in [0.4, 0.5) is 0 Å². The third kappa shape index (κ3) is 4.02. The quantitative estimate of drug-likeness (QED) is 0.849. The molecule has 0 bridgehead atoms. The van der Waals surface area contributed by atoms with Gasteiger partial charge in [0.2, 0.25) is 11.8 Å². The van der Waals surface area contributed by atoms with Gasteiger partial charge in [0, 0.05) is 19.5 Å². The van der Waals surface area contributed by atoms with Crippen molar-refractivity contribution in [1.29, 1.82) is 0 Å². The fourth-order valence-corrected chi connectivity index (χ4v) is 4.40. The van der Waals surface area contributed by atoms with Crippen molar-refractivity contribution < 1.29 is 14.3 Å². The van der Waals surface area contributed by atoms with Gasteiger partial charge in [-0.2, -0.15) is 0 Å². The lowest BCUT2D eigenvalue weighted by Gasteiger charge is -2.40. The zero-order valence-corrected chi connectivity index (χ0v) is 15.9. The minimum atomic E-state index is -0.198. The standard InChI is InChI=1S/C21H30N2O3/c1-3-23-19(24)13-12-18(21(25)22-14-15-6-4-5-7-15)20(23)16-8-10-17(26-2)11-9-16/h8-11,15,18,20H,3-7,12-14H2,1-2H3,(H,22,25)/t18-,20+/m1/s1. The number of carbonyl (C=O) groups is 2. The molecule has 2 amide bonds. The summed E-state index contributed by atoms with van der Waals surface area (Å²) in [6.45, 7) is 3.36. The maximum atomic E-state index is 13.0. The molecule has 26 heavy (non-hydrogen) atoms. The van der Waals surface area contributed by atoms with Crippen molar-refractivity contribution in [2.75, 3.05) is 20.2 Å². The van der Waals surface area contributed by atoms with Crippen molar-refractivity contribution in [1.82, 2.24) is 10.2 Å². The predicted octanol–water partition coefficient (Wildman–Crippen LogP) is 3.30. The smallest absolute Gasteiger partial charge is 0.225 e. The molecule has 1 saturated heterocycles. The molecule has 1 N–H and O–H groups in total. The molecule has 1 aromatic carbocycles. The van der Waals surface area contributed by atoms with Crippen LogP contribution >= 0.6 is 0 Å². The molecule has 1 saturated carbocycles. The summed E-state index contributed by atoms with van der Waals surface area (Å²) in [4.78, 5) is 27.2. The van der Waals surface area contributed by atoms with Crippen LogP contribution in [-0.2, 0) is 9.59 Å². The molecular formula is C21H30N2O3. The van der Waals surface area contributed by atoms with Gasteiger partial charge < -0.3 is 15.0 Å². The summed E-state index contributed by atoms with van der Waals surface area (Å²) < 4.78 is 5.24. The number of piperidine rings is 1. The van der Waals surface area contributed by atoms with Gasteiger partial charge in [-0.1, -0.05) is 25.0 Å². The van der Waals surface area contributed by atoms with Crippen molar-refractivity contribution in [2.24, 2.45) is 11.8 Å². The molecule has 0 unspecified atom stereocenters. The molecular weight excluding hydrogens is 328 g/mol. The molecule has 2 atom stereocenters. The van der Waals surface area contributed by atoms with Gasteiger partial charge in [0.05, 0.1) is 19.1 Å². The van der Waals surface area contributed by atoms with Crippen LogP contribution in [0.1, 0.15) is 57.1 Å². The number of hydrogen-bond acceptors (Lipinski definition) is 3. The van der Waals surface area contributed by atoms with Gasteiger partial charge in [0.15, 0.2) is 0 Å². The van der Waals surface area contributed by atoms with Gasteiger partial charge in [-0.25, -0.2) is 0 Å². The zero-order valence-electron chi connectivity index (χ0n) is 15.9. The third-order valence-electron chi connectivity index (χ3n) is 5.88. The number of ether oxygens (including phenoxy) is 1. The molecule has 0 radical (unpaired) electrons. The average Bonchev–Trinajstić information content (AvgIpc) is 3.19. The normalized spacial score (nSPS) is 23.9. The second kappa shape index (κ2) is 8.56. The van der Waals surface area contributed by atoms with Crippen molar-refractivity contribution in [2.45, 2.75) is 51.5 Å². The van der Waals surface area contributed by atoms with E-state index in [-0.39, 0.29) is 23.8 Å². The summed E-state index contributed by atoms with van der Waals surface area (Å²) in [5, 5.41) is 3.17. The molecule has 5 nitrogen and oxygen atoms in total. The summed E-state index contributed by atoms with van der Waals surface area (Å²) in [7, 11) is 1.64. The Hall–Kier alpha value is -2.04. The topological polar surface area (TPSA) is 58.6 Å². The van der Waals surface area contributed by atoms with E-state index in [2.05, 4.69) is 5.32 Å². The molecule has 1 aromatic rings. The molecule has 5 heteroatoms. The Bertz CT molecular complexity index is 623. The van der Waals surface area contributed by atoms with Gasteiger partial charge in [0.1, 0.15) is 5.75 Å². The van der Waals surface area contributed by atoms with Crippen LogP contribution in [0, 0.1) is 11.8 Å². The third-order valence-corrected chi connectivity index (χ3v) is 5.88. The molecule has 1 heterocycles. The second-order valence-corrected chi connectivity index (χ2v) is 7.44. The lowest BCUT2D eigenvalue weighted by Crippen LogP contribution is -2.48. The van der Waals surface area contributed by atoms with Gasteiger partial charge in [-0.3, -0.25) is 9.59 Å². The Morgan fingerprint density at radius 1 is 1.19 bits per heavy atom. The van der Waals surface area contributed by atoms with Gasteiger partial charge in [0.25, 0.3) is 0 Å². The van der Waals surface area contributed by atoms with Crippen molar-refractivity contribution >= 4 is 11.8 Å². The van der Waals surface area contributed by atoms with Crippen molar-refractivity contribution in [3.8, 4) is 5.75 Å². The van der Waals surface area contributed by atoms with Gasteiger partial charge in [-0.15, -0.1) is 0 Å². The van der Waals surface area contributed by atoms with E-state index >= 15 is 0 Å². The van der Waals surface area contributed by atoms with E-state index in [0.717, 1.165) is 17.9 Å². The molecule has 2 fully saturated rings. The minimum Gasteiger partial charge on any atom is -0.497 e. The highest BCUT2D eigenvalue weighted by Crippen LogP contribution is 2.37. The highest BCUT2D eigenvalue weighted by Gasteiger charge is 2.40. The Kier molecular flexibility index (Phi) is 6.17. The number of rotatable bonds is 6. The lowest BCUT2D eigenvalue weighted by molar-refractivity contribution is -0.143. The largest absolute Gasteiger partial charge is 0.497 e. The van der Waals surface area contributed by atoms with Crippen LogP contribution in [0.3, 0.4) is 0 Å². The van der Waals surface area contributed by atoms with Crippen molar-refractivity contribution in [3.05, 3.63) is 29.8 Å². The van der Waals surface area contributed by atoms with E-state index in [1.165, 1.54) is 25.7 Å². The number of nitrogens with zero attached hydrogens (tertiary/aromatic N) is 1. The number of nitrogens with one attached hydrogen (secondary N) is 1. The van der Waals surface area contributed by atoms with Crippen LogP contribution in [-0.4, -0.2) is 36.9 Å². The lowest BCUT2D eigenvalue weighted by atomic mass is 9.83. The Morgan fingerprint density at radius 2 is 1.88 bits per heavy atom. The average molecular weight is 358 g/mol. The van der Waals surface area contributed by atoms with Crippen LogP contribution in [0.25, 0.3) is 0 Å². The molecule has 1 aliphatic carbocycles. The van der Waals surface area contributed by atoms with E-state index in [9.17, 15) is 9.59 Å². The molecule has 142 valence electrons. The zero-order chi connectivity index (χ0) is 18.5. The first-order valence-corrected chi connectivity index (χ1v) is 9.85. The molecule has 1 aliphatic heterocycles. The Morgan fingerprint density at radius 3 is 2.50 bits per heavy atom. The van der Waals surface area contributed by atoms with E-state index in [1.54, 1.807) is 7.11 Å². The number of carbonyl (C=O) groups excluding carboxylic acids is 2. The maximum absolute atomic E-state index is 13.0. The van der Waals surface area contributed by atoms with E-state index in [0.29, 0.717) is 25.3 Å². The molecule has 2 aliphatic rings. The summed E-state index contributed by atoms with van der Waals surface area (Å²) in [6, 6.07) is 7.55. The number of amides is 2. The summed E-state index contributed by atoms with van der Waals surface area (Å²) in [6.07, 6.45) is 6.04. The van der Waals surface area contributed by atoms with E-state index < -0.39 is 0 Å². The van der Waals surface area contributed by atoms with Crippen LogP contribution in [0.2, 0.25) is 0 Å². The highest BCUT2D eigenvalue weighted by molar-refractivity contribution is 5.85. The molecule has 0 aromatic heterocycles. The van der Waals surface area contributed by atoms with E-state index in [4.69, 9.17) is 4.74 Å². The molecule has 0 spiro atoms. The van der Waals surface area contributed by atoms with Crippen LogP contribution < -0.4 is 10.1 Å². The van der Waals surface area contributed by atoms with Crippen molar-refractivity contribution in [3.63, 3.8) is 0 Å². The van der Waals surface area contributed by atoms with Gasteiger partial charge in [-0.05, 0) is 49.8 Å². The summed E-state index contributed by atoms with van der Waals surface area (Å²) >= 11 is 0. The van der Waals surface area contributed by atoms with E-state index in [1.807, 2.05) is 36.1 Å². The van der Waals surface area contributed by atoms with Crippen LogP contribution in [0.15, 0.2) is 24.3 Å². The number of methoxy groups -OCH3 is 1. The summed E-state index contributed by atoms with van der Waals surface area (Å²) in [5.41, 5.74) is 1.00. The Balaban J connectivity index is 1.77. The number of hydrogen-bond donors (Lipinski definition) is 1. The first-order chi connectivity index (χ1) is 12.6. The summed E-state index contributed by atoms with van der Waals surface area (Å²) in [5.74, 6) is 1.42. The fourth-order valence-electron chi connectivity index (χ4n) is 4.40. The number of likely N-dealkylation sites (tertiary alicyclic amines) is 1. The Labute approximate surface area is 156 Å². The maximum Gasteiger partial charge on any atom is 0.225 e. The first kappa shape index (κ1) is 18.7. The van der Waals surface area contributed by atoms with Crippen LogP contribution in [0.5, 0.6) is 5.75 Å². The highest BCUT2D eigenvalue weighted by atomic mass is 16.5.